The molecule has 1 aliphatic heterocycles. The fraction of sp³-hybridized carbons (Fsp3) is 0.217. The highest BCUT2D eigenvalue weighted by atomic mass is 35.5. The molecule has 1 aromatic heterocycles. The van der Waals surface area contributed by atoms with E-state index in [4.69, 9.17) is 11.6 Å². The Morgan fingerprint density at radius 2 is 1.90 bits per heavy atom. The van der Waals surface area contributed by atoms with Crippen molar-refractivity contribution >= 4 is 33.2 Å². The third-order valence-electron chi connectivity index (χ3n) is 5.23. The van der Waals surface area contributed by atoms with Crippen LogP contribution in [0.15, 0.2) is 71.8 Å². The van der Waals surface area contributed by atoms with E-state index in [1.807, 2.05) is 42.5 Å². The quantitative estimate of drug-likeness (QED) is 0.612. The van der Waals surface area contributed by atoms with Crippen molar-refractivity contribution in [3.8, 4) is 0 Å². The number of para-hydroxylation sites is 1. The van der Waals surface area contributed by atoms with Crippen LogP contribution in [-0.4, -0.2) is 32.4 Å². The van der Waals surface area contributed by atoms with Gasteiger partial charge in [0.15, 0.2) is 0 Å². The number of amides is 1. The number of pyridine rings is 1. The third kappa shape index (κ3) is 4.57. The Kier molecular flexibility index (Phi) is 6.25. The van der Waals surface area contributed by atoms with Gasteiger partial charge in [-0.2, -0.15) is 0 Å². The summed E-state index contributed by atoms with van der Waals surface area (Å²) in [6, 6.07) is 17.3. The van der Waals surface area contributed by atoms with E-state index in [0.29, 0.717) is 25.2 Å². The number of fused-ring (bicyclic) bond motifs is 1. The normalized spacial score (nSPS) is 13.5. The Balaban J connectivity index is 1.55. The molecule has 0 unspecified atom stereocenters. The topological polar surface area (TPSA) is 79.4 Å². The molecule has 0 aliphatic carbocycles. The highest BCUT2D eigenvalue weighted by molar-refractivity contribution is 7.92. The number of aromatic nitrogens is 1. The van der Waals surface area contributed by atoms with Crippen LogP contribution in [0.25, 0.3) is 0 Å². The van der Waals surface area contributed by atoms with Gasteiger partial charge >= 0.3 is 0 Å². The Morgan fingerprint density at radius 1 is 1.10 bits per heavy atom. The van der Waals surface area contributed by atoms with Crippen LogP contribution in [0.4, 0.5) is 5.69 Å². The number of anilines is 1. The predicted molar refractivity (Wildman–Crippen MR) is 121 cm³/mol. The molecule has 0 radical (unpaired) electrons. The molecule has 0 fully saturated rings. The number of hydrogen-bond donors (Lipinski definition) is 1. The molecule has 0 saturated heterocycles. The summed E-state index contributed by atoms with van der Waals surface area (Å²) in [5.41, 5.74) is 2.67. The lowest BCUT2D eigenvalue weighted by molar-refractivity contribution is 0.0954. The molecule has 0 spiro atoms. The van der Waals surface area contributed by atoms with E-state index in [1.54, 1.807) is 6.20 Å². The number of benzene rings is 2. The van der Waals surface area contributed by atoms with Crippen LogP contribution in [0.3, 0.4) is 0 Å². The first-order valence-corrected chi connectivity index (χ1v) is 11.9. The zero-order valence-electron chi connectivity index (χ0n) is 16.8. The zero-order valence-corrected chi connectivity index (χ0v) is 18.4. The molecule has 160 valence electrons. The number of sulfonamides is 1. The molecule has 31 heavy (non-hydrogen) atoms. The SMILES string of the molecule is O=C(NCCc1ccccn1)c1cc(S(=O)(=O)N2CCCc3ccccc32)ccc1Cl. The van der Waals surface area contributed by atoms with Crippen molar-refractivity contribution in [1.29, 1.82) is 0 Å². The van der Waals surface area contributed by atoms with Gasteiger partial charge in [0.25, 0.3) is 15.9 Å². The minimum absolute atomic E-state index is 0.0449. The Morgan fingerprint density at radius 3 is 2.71 bits per heavy atom. The van der Waals surface area contributed by atoms with Crippen LogP contribution in [0.1, 0.15) is 28.0 Å². The predicted octanol–water partition coefficient (Wildman–Crippen LogP) is 3.85. The molecule has 4 rings (SSSR count). The number of rotatable bonds is 6. The third-order valence-corrected chi connectivity index (χ3v) is 7.37. The summed E-state index contributed by atoms with van der Waals surface area (Å²) in [7, 11) is -3.83. The van der Waals surface area contributed by atoms with E-state index in [2.05, 4.69) is 10.3 Å². The van der Waals surface area contributed by atoms with Gasteiger partial charge in [0, 0.05) is 31.4 Å². The molecular formula is C23H22ClN3O3S. The maximum atomic E-state index is 13.4. The van der Waals surface area contributed by atoms with Gasteiger partial charge in [-0.1, -0.05) is 35.9 Å². The molecule has 3 aromatic rings. The zero-order chi connectivity index (χ0) is 21.8. The van der Waals surface area contributed by atoms with E-state index >= 15 is 0 Å². The Hall–Kier alpha value is -2.90. The molecule has 2 aromatic carbocycles. The second kappa shape index (κ2) is 9.08. The first-order chi connectivity index (χ1) is 15.0. The molecule has 1 N–H and O–H groups in total. The van der Waals surface area contributed by atoms with E-state index in [-0.39, 0.29) is 15.5 Å². The monoisotopic (exact) mass is 455 g/mol. The van der Waals surface area contributed by atoms with Crippen LogP contribution < -0.4 is 9.62 Å². The molecule has 8 heteroatoms. The number of nitrogens with zero attached hydrogens (tertiary/aromatic N) is 2. The van der Waals surface area contributed by atoms with E-state index in [1.165, 1.54) is 22.5 Å². The number of aryl methyl sites for hydroxylation is 1. The lowest BCUT2D eigenvalue weighted by atomic mass is 10.0. The van der Waals surface area contributed by atoms with Gasteiger partial charge in [-0.25, -0.2) is 8.42 Å². The van der Waals surface area contributed by atoms with Gasteiger partial charge in [-0.15, -0.1) is 0 Å². The van der Waals surface area contributed by atoms with E-state index < -0.39 is 15.9 Å². The van der Waals surface area contributed by atoms with Crippen molar-refractivity contribution in [3.63, 3.8) is 0 Å². The lowest BCUT2D eigenvalue weighted by Gasteiger charge is -2.30. The van der Waals surface area contributed by atoms with Crippen LogP contribution in [-0.2, 0) is 22.9 Å². The smallest absolute Gasteiger partial charge is 0.264 e. The van der Waals surface area contributed by atoms with Crippen molar-refractivity contribution in [2.24, 2.45) is 0 Å². The summed E-state index contributed by atoms with van der Waals surface area (Å²) in [6.45, 7) is 0.760. The molecule has 6 nitrogen and oxygen atoms in total. The second-order valence-corrected chi connectivity index (χ2v) is 9.55. The minimum atomic E-state index is -3.83. The Bertz CT molecular complexity index is 1200. The largest absolute Gasteiger partial charge is 0.352 e. The summed E-state index contributed by atoms with van der Waals surface area (Å²) >= 11 is 6.22. The summed E-state index contributed by atoms with van der Waals surface area (Å²) in [4.78, 5) is 17.0. The molecule has 1 amide bonds. The number of hydrogen-bond acceptors (Lipinski definition) is 4. The van der Waals surface area contributed by atoms with Gasteiger partial charge < -0.3 is 5.32 Å². The maximum absolute atomic E-state index is 13.4. The summed E-state index contributed by atoms with van der Waals surface area (Å²) in [6.07, 6.45) is 3.84. The number of carbonyl (C=O) groups is 1. The summed E-state index contributed by atoms with van der Waals surface area (Å²) in [5, 5.41) is 2.99. The minimum Gasteiger partial charge on any atom is -0.352 e. The molecule has 0 saturated carbocycles. The van der Waals surface area contributed by atoms with Crippen molar-refractivity contribution in [2.45, 2.75) is 24.2 Å². The fourth-order valence-corrected chi connectivity index (χ4v) is 5.43. The second-order valence-electron chi connectivity index (χ2n) is 7.28. The van der Waals surface area contributed by atoms with Gasteiger partial charge in [-0.3, -0.25) is 14.1 Å². The maximum Gasteiger partial charge on any atom is 0.264 e. The van der Waals surface area contributed by atoms with Crippen LogP contribution in [0.5, 0.6) is 0 Å². The first kappa shape index (κ1) is 21.3. The summed E-state index contributed by atoms with van der Waals surface area (Å²) in [5.74, 6) is -0.419. The summed E-state index contributed by atoms with van der Waals surface area (Å²) < 4.78 is 28.2. The molecule has 0 bridgehead atoms. The average Bonchev–Trinajstić information content (AvgIpc) is 2.79. The molecule has 0 atom stereocenters. The fourth-order valence-electron chi connectivity index (χ4n) is 3.66. The van der Waals surface area contributed by atoms with Crippen molar-refractivity contribution < 1.29 is 13.2 Å². The standard InChI is InChI=1S/C23H22ClN3O3S/c24-21-11-10-19(16-20(21)23(28)26-14-12-18-8-3-4-13-25-18)31(29,30)27-15-5-7-17-6-1-2-9-22(17)27/h1-4,6,8-11,13,16H,5,7,12,14-15H2,(H,26,28). The lowest BCUT2D eigenvalue weighted by Crippen LogP contribution is -2.35. The van der Waals surface area contributed by atoms with Crippen LogP contribution in [0.2, 0.25) is 5.02 Å². The Labute approximate surface area is 186 Å². The number of halogens is 1. The average molecular weight is 456 g/mol. The van der Waals surface area contributed by atoms with E-state index in [0.717, 1.165) is 24.1 Å². The van der Waals surface area contributed by atoms with Crippen LogP contribution in [0, 0.1) is 0 Å². The van der Waals surface area contributed by atoms with Gasteiger partial charge in [0.05, 0.1) is 21.2 Å². The molecular weight excluding hydrogens is 434 g/mol. The number of carbonyl (C=O) groups excluding carboxylic acids is 1. The first-order valence-electron chi connectivity index (χ1n) is 10.0. The number of nitrogens with one attached hydrogen (secondary N) is 1. The van der Waals surface area contributed by atoms with Crippen molar-refractivity contribution in [1.82, 2.24) is 10.3 Å². The highest BCUT2D eigenvalue weighted by Crippen LogP contribution is 2.32. The van der Waals surface area contributed by atoms with Gasteiger partial charge in [0.2, 0.25) is 0 Å². The molecule has 2 heterocycles. The van der Waals surface area contributed by atoms with E-state index in [9.17, 15) is 13.2 Å². The van der Waals surface area contributed by atoms with Crippen LogP contribution >= 0.6 is 11.6 Å². The molecule has 1 aliphatic rings. The van der Waals surface area contributed by atoms with Gasteiger partial charge in [-0.05, 0) is 54.8 Å². The van der Waals surface area contributed by atoms with Gasteiger partial charge in [0.1, 0.15) is 0 Å². The van der Waals surface area contributed by atoms with Crippen molar-refractivity contribution in [3.05, 3.63) is 88.7 Å². The van der Waals surface area contributed by atoms with Crippen molar-refractivity contribution in [2.75, 3.05) is 17.4 Å². The highest BCUT2D eigenvalue weighted by Gasteiger charge is 2.29.